The molecule has 0 aromatic carbocycles. The van der Waals surface area contributed by atoms with E-state index in [1.54, 1.807) is 0 Å². The molecule has 0 aliphatic rings. The van der Waals surface area contributed by atoms with Crippen molar-refractivity contribution in [3.63, 3.8) is 0 Å². The second-order valence-electron chi connectivity index (χ2n) is 2.43. The fourth-order valence-corrected chi connectivity index (χ4v) is 0.790. The van der Waals surface area contributed by atoms with Crippen molar-refractivity contribution >= 4 is 11.8 Å². The summed E-state index contributed by atoms with van der Waals surface area (Å²) in [4.78, 5) is 17.9. The molecule has 1 heterocycles. The van der Waals surface area contributed by atoms with Crippen LogP contribution in [0.25, 0.3) is 0 Å². The molecule has 0 aliphatic heterocycles. The molecule has 0 atom stereocenters. The molecule has 0 spiro atoms. The first-order valence-electron chi connectivity index (χ1n) is 3.86. The topological polar surface area (TPSA) is 113 Å². The lowest BCUT2D eigenvalue weighted by molar-refractivity contribution is 0.0691. The monoisotopic (exact) mass is 202 g/mol. The Labute approximate surface area is 85.4 Å². The summed E-state index contributed by atoms with van der Waals surface area (Å²) in [5, 5.41) is 16.9. The van der Waals surface area contributed by atoms with Crippen LogP contribution in [0.1, 0.15) is 22.6 Å². The van der Waals surface area contributed by atoms with Gasteiger partial charge in [0.1, 0.15) is 5.69 Å². The van der Waals surface area contributed by atoms with Crippen LogP contribution in [-0.4, -0.2) is 21.0 Å². The maximum Gasteiger partial charge on any atom is 0.358 e. The Bertz CT molecular complexity index is 493. The number of nitrogens with zero attached hydrogens (tertiary/aromatic N) is 3. The fourth-order valence-electron chi connectivity index (χ4n) is 0.790. The average molecular weight is 202 g/mol. The molecule has 1 aromatic rings. The van der Waals surface area contributed by atoms with Gasteiger partial charge in [-0.2, -0.15) is 5.26 Å². The number of carboxylic acids is 1. The molecule has 0 saturated heterocycles. The van der Waals surface area contributed by atoms with E-state index in [-0.39, 0.29) is 23.6 Å². The highest BCUT2D eigenvalue weighted by Crippen LogP contribution is 2.04. The van der Waals surface area contributed by atoms with Crippen LogP contribution in [0.4, 0.5) is 5.82 Å². The maximum atomic E-state index is 10.6. The van der Waals surface area contributed by atoms with Gasteiger partial charge in [0, 0.05) is 0 Å². The van der Waals surface area contributed by atoms with E-state index in [9.17, 15) is 4.79 Å². The number of hydrogen-bond donors (Lipinski definition) is 2. The van der Waals surface area contributed by atoms with E-state index >= 15 is 0 Å². The Morgan fingerprint density at radius 3 is 3.00 bits per heavy atom. The highest BCUT2D eigenvalue weighted by atomic mass is 16.4. The van der Waals surface area contributed by atoms with Crippen LogP contribution >= 0.6 is 0 Å². The third-order valence-corrected chi connectivity index (χ3v) is 1.39. The third-order valence-electron chi connectivity index (χ3n) is 1.39. The number of aromatic nitrogens is 2. The van der Waals surface area contributed by atoms with Crippen molar-refractivity contribution in [2.75, 3.05) is 5.73 Å². The van der Waals surface area contributed by atoms with Crippen LogP contribution in [0, 0.1) is 23.2 Å². The van der Waals surface area contributed by atoms with Crippen LogP contribution in [0.5, 0.6) is 0 Å². The Morgan fingerprint density at radius 2 is 2.40 bits per heavy atom. The number of nitrogens with two attached hydrogens (primary N) is 1. The maximum absolute atomic E-state index is 10.6. The van der Waals surface area contributed by atoms with E-state index in [1.165, 1.54) is 6.20 Å². The van der Waals surface area contributed by atoms with Crippen LogP contribution in [-0.2, 0) is 0 Å². The molecule has 0 unspecified atom stereocenters. The zero-order valence-corrected chi connectivity index (χ0v) is 7.56. The van der Waals surface area contributed by atoms with Gasteiger partial charge in [-0.25, -0.2) is 14.8 Å². The molecule has 0 bridgehead atoms. The van der Waals surface area contributed by atoms with Crippen LogP contribution in [0.3, 0.4) is 0 Å². The van der Waals surface area contributed by atoms with E-state index in [4.69, 9.17) is 16.1 Å². The summed E-state index contributed by atoms with van der Waals surface area (Å²) < 4.78 is 0. The molecule has 0 amide bonds. The quantitative estimate of drug-likeness (QED) is 0.620. The molecule has 0 fully saturated rings. The second-order valence-corrected chi connectivity index (χ2v) is 2.43. The van der Waals surface area contributed by atoms with Crippen LogP contribution in [0.2, 0.25) is 0 Å². The van der Waals surface area contributed by atoms with Crippen molar-refractivity contribution in [1.82, 2.24) is 9.97 Å². The Morgan fingerprint density at radius 1 is 1.67 bits per heavy atom. The lowest BCUT2D eigenvalue weighted by atomic mass is 10.3. The van der Waals surface area contributed by atoms with Gasteiger partial charge in [0.25, 0.3) is 0 Å². The van der Waals surface area contributed by atoms with Gasteiger partial charge >= 0.3 is 5.97 Å². The number of anilines is 1. The predicted octanol–water partition coefficient (Wildman–Crippen LogP) is 0.0222. The summed E-state index contributed by atoms with van der Waals surface area (Å²) in [5.74, 6) is 3.57. The largest absolute Gasteiger partial charge is 0.476 e. The number of aromatic carboxylic acids is 1. The molecule has 3 N–H and O–H groups in total. The summed E-state index contributed by atoms with van der Waals surface area (Å²) in [6, 6.07) is 1.82. The van der Waals surface area contributed by atoms with Crippen molar-refractivity contribution < 1.29 is 9.90 Å². The highest BCUT2D eigenvalue weighted by molar-refractivity contribution is 5.90. The molecule has 0 aliphatic carbocycles. The number of carboxylic acid groups (broad SMARTS) is 1. The van der Waals surface area contributed by atoms with Gasteiger partial charge < -0.3 is 10.8 Å². The molecule has 6 heteroatoms. The first kappa shape index (κ1) is 10.5. The van der Waals surface area contributed by atoms with Gasteiger partial charge in [0.2, 0.25) is 0 Å². The molecule has 0 saturated carbocycles. The summed E-state index contributed by atoms with van der Waals surface area (Å²) in [6.45, 7) is 0. The minimum atomic E-state index is -1.26. The van der Waals surface area contributed by atoms with Crippen molar-refractivity contribution in [3.8, 4) is 17.9 Å². The number of nitriles is 1. The Kier molecular flexibility index (Phi) is 3.20. The van der Waals surface area contributed by atoms with Gasteiger partial charge in [-0.05, 0) is 5.92 Å². The van der Waals surface area contributed by atoms with Crippen molar-refractivity contribution in [2.45, 2.75) is 6.42 Å². The molecular weight excluding hydrogens is 196 g/mol. The van der Waals surface area contributed by atoms with E-state index < -0.39 is 5.97 Å². The van der Waals surface area contributed by atoms with E-state index in [0.29, 0.717) is 0 Å². The molecule has 1 rings (SSSR count). The average Bonchev–Trinajstić information content (AvgIpc) is 2.20. The number of hydrogen-bond acceptors (Lipinski definition) is 5. The van der Waals surface area contributed by atoms with E-state index in [0.717, 1.165) is 0 Å². The van der Waals surface area contributed by atoms with E-state index in [2.05, 4.69) is 21.8 Å². The summed E-state index contributed by atoms with van der Waals surface area (Å²) in [6.07, 6.45) is 1.31. The van der Waals surface area contributed by atoms with Crippen LogP contribution in [0.15, 0.2) is 6.20 Å². The van der Waals surface area contributed by atoms with Crippen molar-refractivity contribution in [3.05, 3.63) is 17.6 Å². The van der Waals surface area contributed by atoms with Crippen LogP contribution < -0.4 is 5.73 Å². The van der Waals surface area contributed by atoms with Crippen molar-refractivity contribution in [2.24, 2.45) is 0 Å². The fraction of sp³-hybridized carbons (Fsp3) is 0.111. The molecular formula is C9H6N4O2. The number of rotatable bonds is 1. The number of carbonyl (C=O) groups is 1. The first-order valence-corrected chi connectivity index (χ1v) is 3.86. The normalized spacial score (nSPS) is 8.47. The summed E-state index contributed by atoms with van der Waals surface area (Å²) >= 11 is 0. The highest BCUT2D eigenvalue weighted by Gasteiger charge is 2.10. The predicted molar refractivity (Wildman–Crippen MR) is 50.5 cm³/mol. The minimum Gasteiger partial charge on any atom is -0.476 e. The summed E-state index contributed by atoms with van der Waals surface area (Å²) in [5.41, 5.74) is 5.13. The standard InChI is InChI=1S/C9H6N4O2/c10-4-2-1-3-6-5-12-8(11)7(13-6)9(14)15/h5H,2H2,(H2,11,12)(H,14,15). The zero-order valence-electron chi connectivity index (χ0n) is 7.56. The third kappa shape index (κ3) is 2.68. The van der Waals surface area contributed by atoms with E-state index in [1.807, 2.05) is 6.07 Å². The van der Waals surface area contributed by atoms with Gasteiger partial charge in [-0.3, -0.25) is 0 Å². The second kappa shape index (κ2) is 4.58. The first-order chi connectivity index (χ1) is 7.15. The lowest BCUT2D eigenvalue weighted by Crippen LogP contribution is -2.08. The number of nitrogen functional groups attached to an aromatic ring is 1. The minimum absolute atomic E-state index is 0.0501. The SMILES string of the molecule is N#CCC#Cc1cnc(N)c(C(=O)O)n1. The molecule has 6 nitrogen and oxygen atoms in total. The van der Waals surface area contributed by atoms with Gasteiger partial charge in [-0.1, -0.05) is 5.92 Å². The molecule has 74 valence electrons. The zero-order chi connectivity index (χ0) is 11.3. The van der Waals surface area contributed by atoms with Gasteiger partial charge in [0.15, 0.2) is 11.5 Å². The Hall–Kier alpha value is -2.60. The van der Waals surface area contributed by atoms with Gasteiger partial charge in [0.05, 0.1) is 18.7 Å². The molecule has 1 aromatic heterocycles. The Balaban J connectivity index is 3.05. The summed E-state index contributed by atoms with van der Waals surface area (Å²) in [7, 11) is 0. The molecule has 0 radical (unpaired) electrons. The van der Waals surface area contributed by atoms with Crippen molar-refractivity contribution in [1.29, 1.82) is 5.26 Å². The smallest absolute Gasteiger partial charge is 0.358 e. The molecule has 15 heavy (non-hydrogen) atoms. The lowest BCUT2D eigenvalue weighted by Gasteiger charge is -1.97. The van der Waals surface area contributed by atoms with Gasteiger partial charge in [-0.15, -0.1) is 0 Å².